The summed E-state index contributed by atoms with van der Waals surface area (Å²) in [7, 11) is 1.75. The lowest BCUT2D eigenvalue weighted by molar-refractivity contribution is -0.131. The Morgan fingerprint density at radius 1 is 1.13 bits per heavy atom. The predicted molar refractivity (Wildman–Crippen MR) is 124 cm³/mol. The Morgan fingerprint density at radius 2 is 1.87 bits per heavy atom. The first-order valence-electron chi connectivity index (χ1n) is 12.3. The summed E-state index contributed by atoms with van der Waals surface area (Å²) in [4.78, 5) is 18.9. The van der Waals surface area contributed by atoms with E-state index < -0.39 is 5.54 Å². The Labute approximate surface area is 187 Å². The van der Waals surface area contributed by atoms with Gasteiger partial charge in [-0.15, -0.1) is 0 Å². The van der Waals surface area contributed by atoms with Gasteiger partial charge in [0.25, 0.3) is 5.91 Å². The van der Waals surface area contributed by atoms with E-state index in [1.807, 2.05) is 12.4 Å². The summed E-state index contributed by atoms with van der Waals surface area (Å²) in [6.07, 6.45) is 17.9. The number of hydrogen-bond donors (Lipinski definition) is 3. The molecule has 0 radical (unpaired) electrons. The van der Waals surface area contributed by atoms with Crippen LogP contribution in [0.4, 0.5) is 0 Å². The predicted octanol–water partition coefficient (Wildman–Crippen LogP) is 4.22. The van der Waals surface area contributed by atoms with Gasteiger partial charge in [0.2, 0.25) is 0 Å². The van der Waals surface area contributed by atoms with Crippen molar-refractivity contribution < 1.29 is 4.79 Å². The molecular formula is C25H39N5O. The van der Waals surface area contributed by atoms with Crippen molar-refractivity contribution in [2.24, 2.45) is 11.8 Å². The molecule has 6 heteroatoms. The molecule has 3 fully saturated rings. The second kappa shape index (κ2) is 10.1. The maximum Gasteiger partial charge on any atom is 0.254 e. The molecule has 1 amide bonds. The lowest BCUT2D eigenvalue weighted by atomic mass is 9.74. The molecule has 2 heterocycles. The maximum atomic E-state index is 13.3. The fourth-order valence-electron chi connectivity index (χ4n) is 6.04. The average Bonchev–Trinajstić information content (AvgIpc) is 3.01. The number of nitrogens with zero attached hydrogens (tertiary/aromatic N) is 2. The fraction of sp³-hybridized carbons (Fsp3) is 0.720. The molecule has 1 aliphatic heterocycles. The Hall–Kier alpha value is -1.95. The molecule has 31 heavy (non-hydrogen) atoms. The summed E-state index contributed by atoms with van der Waals surface area (Å²) in [6, 6.07) is 4.63. The van der Waals surface area contributed by atoms with Crippen LogP contribution < -0.4 is 10.6 Å². The van der Waals surface area contributed by atoms with E-state index in [0.29, 0.717) is 12.0 Å². The van der Waals surface area contributed by atoms with Crippen molar-refractivity contribution in [3.63, 3.8) is 0 Å². The number of aromatic nitrogens is 1. The highest BCUT2D eigenvalue weighted by molar-refractivity contribution is 6.07. The number of pyridine rings is 1. The van der Waals surface area contributed by atoms with Gasteiger partial charge >= 0.3 is 0 Å². The van der Waals surface area contributed by atoms with E-state index in [0.717, 1.165) is 38.1 Å². The van der Waals surface area contributed by atoms with Gasteiger partial charge in [-0.3, -0.25) is 20.1 Å². The molecule has 1 saturated heterocycles. The highest BCUT2D eigenvalue weighted by Crippen LogP contribution is 2.38. The molecule has 3 N–H and O–H groups in total. The molecule has 1 aromatic heterocycles. The minimum atomic E-state index is -0.569. The lowest BCUT2D eigenvalue weighted by Gasteiger charge is -2.37. The van der Waals surface area contributed by atoms with Crippen molar-refractivity contribution in [3.8, 4) is 0 Å². The third-order valence-electron chi connectivity index (χ3n) is 7.88. The van der Waals surface area contributed by atoms with Crippen molar-refractivity contribution in [2.75, 3.05) is 7.05 Å². The van der Waals surface area contributed by atoms with E-state index >= 15 is 0 Å². The number of likely N-dealkylation sites (N-methyl/N-ethyl adjacent to an activating group) is 1. The van der Waals surface area contributed by atoms with Gasteiger partial charge in [0, 0.05) is 32.0 Å². The zero-order valence-corrected chi connectivity index (χ0v) is 19.0. The molecular weight excluding hydrogens is 386 g/mol. The van der Waals surface area contributed by atoms with Crippen molar-refractivity contribution in [1.29, 1.82) is 5.41 Å². The number of carbonyl (C=O) groups is 1. The second-order valence-electron chi connectivity index (χ2n) is 10.1. The molecule has 1 aromatic rings. The van der Waals surface area contributed by atoms with Crippen LogP contribution in [0.15, 0.2) is 24.5 Å². The van der Waals surface area contributed by atoms with E-state index in [-0.39, 0.29) is 11.9 Å². The van der Waals surface area contributed by atoms with Gasteiger partial charge in [-0.1, -0.05) is 44.9 Å². The molecule has 0 spiro atoms. The van der Waals surface area contributed by atoms with Crippen molar-refractivity contribution in [3.05, 3.63) is 30.1 Å². The summed E-state index contributed by atoms with van der Waals surface area (Å²) in [5.41, 5.74) is 0.699. The Morgan fingerprint density at radius 3 is 2.58 bits per heavy atom. The van der Waals surface area contributed by atoms with Gasteiger partial charge in [0.1, 0.15) is 5.54 Å². The number of hydrogen-bond acceptors (Lipinski definition) is 4. The monoisotopic (exact) mass is 425 g/mol. The standard InChI is InChI=1S/C25H39N5O/c1-30-23(31)25(29-24(30)26,13-10-19-6-3-2-4-7-19)17-21-8-5-9-22(16-21)28-18-20-11-14-27-15-12-20/h11-12,14-15,19,21-22,28H,2-10,13,16-18H2,1H3,(H2,26,29)/t21-,22+,25-/m1/s1. The van der Waals surface area contributed by atoms with Crippen molar-refractivity contribution in [1.82, 2.24) is 20.5 Å². The Kier molecular flexibility index (Phi) is 7.26. The molecule has 0 aromatic carbocycles. The highest BCUT2D eigenvalue weighted by atomic mass is 16.2. The summed E-state index contributed by atoms with van der Waals surface area (Å²) in [5.74, 6) is 1.66. The molecule has 0 unspecified atom stereocenters. The molecule has 3 aliphatic rings. The van der Waals surface area contributed by atoms with Crippen LogP contribution in [0.2, 0.25) is 0 Å². The average molecular weight is 426 g/mol. The summed E-state index contributed by atoms with van der Waals surface area (Å²) in [5, 5.41) is 15.3. The van der Waals surface area contributed by atoms with Crippen molar-refractivity contribution >= 4 is 11.9 Å². The lowest BCUT2D eigenvalue weighted by Crippen LogP contribution is -2.49. The van der Waals surface area contributed by atoms with Crippen LogP contribution >= 0.6 is 0 Å². The normalized spacial score (nSPS) is 29.9. The van der Waals surface area contributed by atoms with E-state index in [1.54, 1.807) is 7.05 Å². The van der Waals surface area contributed by atoms with Gasteiger partial charge in [0.05, 0.1) is 0 Å². The first-order chi connectivity index (χ1) is 15.1. The van der Waals surface area contributed by atoms with E-state index in [4.69, 9.17) is 5.41 Å². The second-order valence-corrected chi connectivity index (χ2v) is 10.1. The molecule has 2 aliphatic carbocycles. The van der Waals surface area contributed by atoms with Crippen LogP contribution in [-0.4, -0.2) is 40.4 Å². The Balaban J connectivity index is 1.37. The number of amides is 1. The van der Waals surface area contributed by atoms with Gasteiger partial charge in [-0.25, -0.2) is 0 Å². The van der Waals surface area contributed by atoms with Crippen LogP contribution in [0.25, 0.3) is 0 Å². The van der Waals surface area contributed by atoms with Gasteiger partial charge in [-0.2, -0.15) is 0 Å². The van der Waals surface area contributed by atoms with Crippen molar-refractivity contribution in [2.45, 2.75) is 95.2 Å². The van der Waals surface area contributed by atoms with Crippen LogP contribution in [0, 0.1) is 17.2 Å². The SMILES string of the molecule is CN1C(=N)N[C@](CCC2CCCCC2)(C[C@@H]2CCC[C@H](NCc3ccncc3)C2)C1=O. The molecule has 3 atom stereocenters. The number of rotatable bonds is 8. The molecule has 170 valence electrons. The molecule has 2 saturated carbocycles. The highest BCUT2D eigenvalue weighted by Gasteiger charge is 2.49. The summed E-state index contributed by atoms with van der Waals surface area (Å²) < 4.78 is 0. The Bertz CT molecular complexity index is 748. The zero-order valence-electron chi connectivity index (χ0n) is 19.0. The van der Waals surface area contributed by atoms with E-state index in [2.05, 4.69) is 27.8 Å². The first-order valence-corrected chi connectivity index (χ1v) is 12.3. The molecule has 0 bridgehead atoms. The third kappa shape index (κ3) is 5.46. The number of guanidine groups is 1. The first kappa shape index (κ1) is 22.3. The zero-order chi connectivity index (χ0) is 21.7. The van der Waals surface area contributed by atoms with Crippen LogP contribution in [0.3, 0.4) is 0 Å². The van der Waals surface area contributed by atoms with Crippen LogP contribution in [0.5, 0.6) is 0 Å². The van der Waals surface area contributed by atoms with E-state index in [9.17, 15) is 4.79 Å². The van der Waals surface area contributed by atoms with Gasteiger partial charge in [-0.05, 0) is 61.6 Å². The van der Waals surface area contributed by atoms with Gasteiger partial charge in [0.15, 0.2) is 5.96 Å². The largest absolute Gasteiger partial charge is 0.342 e. The smallest absolute Gasteiger partial charge is 0.254 e. The molecule has 4 rings (SSSR count). The van der Waals surface area contributed by atoms with Gasteiger partial charge < -0.3 is 10.6 Å². The number of carbonyl (C=O) groups excluding carboxylic acids is 1. The summed E-state index contributed by atoms with van der Waals surface area (Å²) >= 11 is 0. The number of nitrogens with one attached hydrogen (secondary N) is 3. The fourth-order valence-corrected chi connectivity index (χ4v) is 6.04. The quantitative estimate of drug-likeness (QED) is 0.583. The minimum Gasteiger partial charge on any atom is -0.342 e. The minimum absolute atomic E-state index is 0.111. The summed E-state index contributed by atoms with van der Waals surface area (Å²) in [6.45, 7) is 0.872. The molecule has 6 nitrogen and oxygen atoms in total. The van der Waals surface area contributed by atoms with Crippen LogP contribution in [-0.2, 0) is 11.3 Å². The van der Waals surface area contributed by atoms with E-state index in [1.165, 1.54) is 61.8 Å². The van der Waals surface area contributed by atoms with Crippen LogP contribution in [0.1, 0.15) is 82.6 Å². The topological polar surface area (TPSA) is 81.1 Å². The third-order valence-corrected chi connectivity index (χ3v) is 7.88. The maximum absolute atomic E-state index is 13.3.